The summed E-state index contributed by atoms with van der Waals surface area (Å²) >= 11 is 0. The second-order valence-electron chi connectivity index (χ2n) is 5.99. The zero-order valence-electron chi connectivity index (χ0n) is 15.3. The van der Waals surface area contributed by atoms with Gasteiger partial charge >= 0.3 is 12.1 Å². The quantitative estimate of drug-likeness (QED) is 0.300. The molecule has 0 fully saturated rings. The second kappa shape index (κ2) is 9.20. The average Bonchev–Trinajstić information content (AvgIpc) is 2.67. The number of halogens is 4. The molecule has 12 heteroatoms. The SMILES string of the molecule is C[C@@H](Nc1ccc(C(F)(F)F)cc1[N+](=O)[O-])C(=O)OCC(=O)Nc1ccccc1F. The standard InChI is InChI=1S/C18H15F4N3O5/c1-10(17(27)30-9-16(26)24-13-5-3-2-4-12(13)19)23-14-7-6-11(18(20,21)22)8-15(14)25(28)29/h2-8,10,23H,9H2,1H3,(H,24,26)/t10-/m1/s1. The zero-order chi connectivity index (χ0) is 22.5. The van der Waals surface area contributed by atoms with Crippen LogP contribution in [0.1, 0.15) is 12.5 Å². The molecule has 0 aromatic heterocycles. The van der Waals surface area contributed by atoms with E-state index >= 15 is 0 Å². The minimum absolute atomic E-state index is 0.120. The molecule has 0 saturated carbocycles. The van der Waals surface area contributed by atoms with E-state index in [2.05, 4.69) is 10.6 Å². The number of amides is 1. The Labute approximate surface area is 167 Å². The number of hydrogen-bond acceptors (Lipinski definition) is 6. The highest BCUT2D eigenvalue weighted by Gasteiger charge is 2.33. The number of benzene rings is 2. The molecule has 0 aliphatic heterocycles. The normalized spacial score (nSPS) is 12.0. The molecule has 0 spiro atoms. The molecule has 2 N–H and O–H groups in total. The summed E-state index contributed by atoms with van der Waals surface area (Å²) in [4.78, 5) is 33.8. The fourth-order valence-electron chi connectivity index (χ4n) is 2.28. The Hall–Kier alpha value is -3.70. The summed E-state index contributed by atoms with van der Waals surface area (Å²) in [5.74, 6) is -2.53. The van der Waals surface area contributed by atoms with Crippen molar-refractivity contribution < 1.29 is 36.8 Å². The number of nitro benzene ring substituents is 1. The van der Waals surface area contributed by atoms with Gasteiger partial charge in [0.05, 0.1) is 16.2 Å². The van der Waals surface area contributed by atoms with E-state index in [0.717, 1.165) is 12.1 Å². The number of nitrogens with zero attached hydrogens (tertiary/aromatic N) is 1. The minimum atomic E-state index is -4.78. The highest BCUT2D eigenvalue weighted by atomic mass is 19.4. The van der Waals surface area contributed by atoms with Crippen molar-refractivity contribution >= 4 is 28.9 Å². The number of carbonyl (C=O) groups excluding carboxylic acids is 2. The van der Waals surface area contributed by atoms with Crippen LogP contribution in [0.3, 0.4) is 0 Å². The molecule has 0 radical (unpaired) electrons. The van der Waals surface area contributed by atoms with Gasteiger partial charge in [-0.1, -0.05) is 12.1 Å². The van der Waals surface area contributed by atoms with Crippen molar-refractivity contribution in [3.05, 3.63) is 64.0 Å². The topological polar surface area (TPSA) is 111 Å². The first-order chi connectivity index (χ1) is 14.0. The Morgan fingerprint density at radius 3 is 2.43 bits per heavy atom. The fourth-order valence-corrected chi connectivity index (χ4v) is 2.28. The van der Waals surface area contributed by atoms with Gasteiger partial charge in [0.1, 0.15) is 17.5 Å². The Bertz CT molecular complexity index is 965. The third-order valence-corrected chi connectivity index (χ3v) is 3.74. The van der Waals surface area contributed by atoms with Crippen LogP contribution in [0.15, 0.2) is 42.5 Å². The number of alkyl halides is 3. The van der Waals surface area contributed by atoms with Gasteiger partial charge in [0.25, 0.3) is 11.6 Å². The Morgan fingerprint density at radius 1 is 1.17 bits per heavy atom. The van der Waals surface area contributed by atoms with Gasteiger partial charge in [-0.25, -0.2) is 9.18 Å². The third kappa shape index (κ3) is 5.90. The number of ether oxygens (including phenoxy) is 1. The van der Waals surface area contributed by atoms with Crippen LogP contribution in [0, 0.1) is 15.9 Å². The summed E-state index contributed by atoms with van der Waals surface area (Å²) in [6.45, 7) is 0.465. The van der Waals surface area contributed by atoms with Crippen LogP contribution in [-0.2, 0) is 20.5 Å². The van der Waals surface area contributed by atoms with Crippen LogP contribution in [-0.4, -0.2) is 29.4 Å². The van der Waals surface area contributed by atoms with Crippen LogP contribution in [0.5, 0.6) is 0 Å². The maximum Gasteiger partial charge on any atom is 0.416 e. The smallest absolute Gasteiger partial charge is 0.416 e. The van der Waals surface area contributed by atoms with Crippen molar-refractivity contribution in [2.45, 2.75) is 19.1 Å². The summed E-state index contributed by atoms with van der Waals surface area (Å²) in [5, 5.41) is 15.6. The van der Waals surface area contributed by atoms with Gasteiger partial charge < -0.3 is 15.4 Å². The largest absolute Gasteiger partial charge is 0.454 e. The Morgan fingerprint density at radius 2 is 1.83 bits per heavy atom. The van der Waals surface area contributed by atoms with E-state index in [4.69, 9.17) is 4.74 Å². The zero-order valence-corrected chi connectivity index (χ0v) is 15.3. The van der Waals surface area contributed by atoms with Gasteiger partial charge in [-0.05, 0) is 31.2 Å². The Balaban J connectivity index is 1.99. The molecule has 30 heavy (non-hydrogen) atoms. The van der Waals surface area contributed by atoms with Crippen LogP contribution < -0.4 is 10.6 Å². The lowest BCUT2D eigenvalue weighted by Crippen LogP contribution is -2.31. The maximum atomic E-state index is 13.5. The first-order valence-electron chi connectivity index (χ1n) is 8.32. The summed E-state index contributed by atoms with van der Waals surface area (Å²) in [6.07, 6.45) is -4.78. The van der Waals surface area contributed by atoms with Crippen LogP contribution in [0.2, 0.25) is 0 Å². The molecule has 8 nitrogen and oxygen atoms in total. The molecule has 0 bridgehead atoms. The molecule has 0 aliphatic rings. The minimum Gasteiger partial charge on any atom is -0.454 e. The fraction of sp³-hybridized carbons (Fsp3) is 0.222. The van der Waals surface area contributed by atoms with E-state index in [-0.39, 0.29) is 11.4 Å². The second-order valence-corrected chi connectivity index (χ2v) is 5.99. The van der Waals surface area contributed by atoms with Gasteiger partial charge in [-0.15, -0.1) is 0 Å². The predicted octanol–water partition coefficient (Wildman–Crippen LogP) is 3.74. The molecule has 0 unspecified atom stereocenters. The van der Waals surface area contributed by atoms with E-state index in [9.17, 15) is 37.3 Å². The van der Waals surface area contributed by atoms with Crippen molar-refractivity contribution in [3.8, 4) is 0 Å². The molecule has 1 amide bonds. The van der Waals surface area contributed by atoms with Gasteiger partial charge in [-0.2, -0.15) is 13.2 Å². The van der Waals surface area contributed by atoms with E-state index < -0.39 is 52.7 Å². The number of hydrogen-bond donors (Lipinski definition) is 2. The van der Waals surface area contributed by atoms with Gasteiger partial charge in [0.2, 0.25) is 0 Å². The molecule has 2 rings (SSSR count). The van der Waals surface area contributed by atoms with Crippen molar-refractivity contribution in [1.29, 1.82) is 0 Å². The van der Waals surface area contributed by atoms with Gasteiger partial charge in [0, 0.05) is 6.07 Å². The van der Waals surface area contributed by atoms with E-state index in [1.54, 1.807) is 0 Å². The lowest BCUT2D eigenvalue weighted by atomic mass is 10.1. The van der Waals surface area contributed by atoms with Crippen LogP contribution in [0.25, 0.3) is 0 Å². The number of para-hydroxylation sites is 1. The van der Waals surface area contributed by atoms with Gasteiger partial charge in [0.15, 0.2) is 6.61 Å². The van der Waals surface area contributed by atoms with Crippen LogP contribution >= 0.6 is 0 Å². The third-order valence-electron chi connectivity index (χ3n) is 3.74. The van der Waals surface area contributed by atoms with Crippen molar-refractivity contribution in [2.75, 3.05) is 17.2 Å². The average molecular weight is 429 g/mol. The summed E-state index contributed by atoms with van der Waals surface area (Å²) in [5.41, 5.74) is -2.57. The van der Waals surface area contributed by atoms with E-state index in [0.29, 0.717) is 12.1 Å². The highest BCUT2D eigenvalue weighted by molar-refractivity contribution is 5.93. The van der Waals surface area contributed by atoms with Crippen LogP contribution in [0.4, 0.5) is 34.6 Å². The number of nitro groups is 1. The molecular weight excluding hydrogens is 414 g/mol. The molecule has 0 heterocycles. The monoisotopic (exact) mass is 429 g/mol. The summed E-state index contributed by atoms with van der Waals surface area (Å²) < 4.78 is 56.4. The number of nitrogens with one attached hydrogen (secondary N) is 2. The first-order valence-corrected chi connectivity index (χ1v) is 8.32. The number of carbonyl (C=O) groups is 2. The molecule has 0 aliphatic carbocycles. The summed E-state index contributed by atoms with van der Waals surface area (Å²) in [6, 6.07) is 5.84. The number of esters is 1. The summed E-state index contributed by atoms with van der Waals surface area (Å²) in [7, 11) is 0. The van der Waals surface area contributed by atoms with Crippen molar-refractivity contribution in [2.24, 2.45) is 0 Å². The molecule has 160 valence electrons. The number of rotatable bonds is 7. The van der Waals surface area contributed by atoms with E-state index in [1.807, 2.05) is 0 Å². The molecule has 1 atom stereocenters. The van der Waals surface area contributed by atoms with Gasteiger partial charge in [-0.3, -0.25) is 14.9 Å². The molecule has 2 aromatic rings. The van der Waals surface area contributed by atoms with E-state index in [1.165, 1.54) is 25.1 Å². The molecule has 2 aromatic carbocycles. The van der Waals surface area contributed by atoms with Crippen molar-refractivity contribution in [1.82, 2.24) is 0 Å². The lowest BCUT2D eigenvalue weighted by Gasteiger charge is -2.15. The molecular formula is C18H15F4N3O5. The lowest BCUT2D eigenvalue weighted by molar-refractivity contribution is -0.384. The predicted molar refractivity (Wildman–Crippen MR) is 97.2 cm³/mol. The maximum absolute atomic E-state index is 13.5. The Kier molecular flexibility index (Phi) is 6.93. The highest BCUT2D eigenvalue weighted by Crippen LogP contribution is 2.35. The first kappa shape index (κ1) is 22.6. The van der Waals surface area contributed by atoms with Crippen molar-refractivity contribution in [3.63, 3.8) is 0 Å². The molecule has 0 saturated heterocycles. The number of anilines is 2.